The zero-order valence-electron chi connectivity index (χ0n) is 13.7. The molecule has 0 unspecified atom stereocenters. The summed E-state index contributed by atoms with van der Waals surface area (Å²) in [6.45, 7) is 1.89. The van der Waals surface area contributed by atoms with Gasteiger partial charge < -0.3 is 5.32 Å². The zero-order chi connectivity index (χ0) is 18.5. The Hall–Kier alpha value is -2.09. The fraction of sp³-hybridized carbons (Fsp3) is 0.176. The predicted molar refractivity (Wildman–Crippen MR) is 103 cm³/mol. The first-order valence-electron chi connectivity index (χ1n) is 7.73. The molecule has 134 valence electrons. The molecule has 2 aromatic heterocycles. The number of amides is 1. The summed E-state index contributed by atoms with van der Waals surface area (Å²) in [6, 6.07) is 8.78. The maximum atomic E-state index is 12.2. The molecule has 0 bridgehead atoms. The Balaban J connectivity index is 1.54. The summed E-state index contributed by atoms with van der Waals surface area (Å²) in [5.41, 5.74) is 1.77. The molecular weight excluding hydrogens is 393 g/mol. The number of rotatable bonds is 6. The number of nitrogens with zero attached hydrogens (tertiary/aromatic N) is 3. The number of carbonyl (C=O) groups excluding carboxylic acids is 1. The lowest BCUT2D eigenvalue weighted by molar-refractivity contribution is -0.119. The van der Waals surface area contributed by atoms with Crippen molar-refractivity contribution in [2.24, 2.45) is 0 Å². The van der Waals surface area contributed by atoms with E-state index in [9.17, 15) is 4.79 Å². The van der Waals surface area contributed by atoms with Crippen LogP contribution in [0.5, 0.6) is 0 Å². The first kappa shape index (κ1) is 18.7. The van der Waals surface area contributed by atoms with E-state index in [1.165, 1.54) is 11.8 Å². The van der Waals surface area contributed by atoms with Crippen LogP contribution < -0.4 is 5.32 Å². The lowest BCUT2D eigenvalue weighted by Gasteiger charge is -2.14. The van der Waals surface area contributed by atoms with Crippen molar-refractivity contribution in [3.63, 3.8) is 0 Å². The third-order valence-corrected chi connectivity index (χ3v) is 5.16. The van der Waals surface area contributed by atoms with E-state index in [1.54, 1.807) is 24.5 Å². The van der Waals surface area contributed by atoms with Gasteiger partial charge in [0.25, 0.3) is 0 Å². The molecule has 0 radical (unpaired) electrons. The summed E-state index contributed by atoms with van der Waals surface area (Å²) in [7, 11) is 0. The van der Waals surface area contributed by atoms with Gasteiger partial charge in [-0.2, -0.15) is 0 Å². The van der Waals surface area contributed by atoms with Crippen molar-refractivity contribution in [1.29, 1.82) is 0 Å². The maximum Gasteiger partial charge on any atom is 0.230 e. The number of benzene rings is 1. The third kappa shape index (κ3) is 4.75. The number of carbonyl (C=O) groups is 1. The predicted octanol–water partition coefficient (Wildman–Crippen LogP) is 4.14. The third-order valence-electron chi connectivity index (χ3n) is 3.57. The highest BCUT2D eigenvalue weighted by molar-refractivity contribution is 7.99. The van der Waals surface area contributed by atoms with Gasteiger partial charge in [-0.05, 0) is 36.8 Å². The standard InChI is InChI=1S/C17H15Cl2N5OS/c1-10(12-2-3-13(18)14(19)8-12)21-15(25)9-26-17-22-16(23-24-17)11-4-6-20-7-5-11/h2-8,10H,9H2,1H3,(H,21,25)(H,22,23,24)/t10-/m1/s1. The smallest absolute Gasteiger partial charge is 0.230 e. The zero-order valence-corrected chi connectivity index (χ0v) is 16.1. The van der Waals surface area contributed by atoms with Gasteiger partial charge in [-0.3, -0.25) is 14.9 Å². The van der Waals surface area contributed by atoms with Crippen molar-refractivity contribution >= 4 is 40.9 Å². The van der Waals surface area contributed by atoms with Gasteiger partial charge in [0.05, 0.1) is 21.8 Å². The molecule has 0 aliphatic carbocycles. The number of halogens is 2. The summed E-state index contributed by atoms with van der Waals surface area (Å²) in [4.78, 5) is 20.5. The molecule has 2 N–H and O–H groups in total. The van der Waals surface area contributed by atoms with Crippen LogP contribution >= 0.6 is 35.0 Å². The highest BCUT2D eigenvalue weighted by Crippen LogP contribution is 2.25. The van der Waals surface area contributed by atoms with Crippen molar-refractivity contribution in [2.75, 3.05) is 5.75 Å². The van der Waals surface area contributed by atoms with Gasteiger partial charge in [-0.1, -0.05) is 41.0 Å². The first-order chi connectivity index (χ1) is 12.5. The summed E-state index contributed by atoms with van der Waals surface area (Å²) in [6.07, 6.45) is 3.37. The quantitative estimate of drug-likeness (QED) is 0.599. The minimum atomic E-state index is -0.183. The van der Waals surface area contributed by atoms with Crippen LogP contribution in [0.2, 0.25) is 10.0 Å². The van der Waals surface area contributed by atoms with Gasteiger partial charge in [-0.15, -0.1) is 5.10 Å². The van der Waals surface area contributed by atoms with Gasteiger partial charge in [0, 0.05) is 18.0 Å². The maximum absolute atomic E-state index is 12.2. The number of nitrogens with one attached hydrogen (secondary N) is 2. The van der Waals surface area contributed by atoms with Crippen LogP contribution in [-0.2, 0) is 4.79 Å². The highest BCUT2D eigenvalue weighted by atomic mass is 35.5. The van der Waals surface area contributed by atoms with Crippen LogP contribution in [0.4, 0.5) is 0 Å². The van der Waals surface area contributed by atoms with Crippen molar-refractivity contribution in [3.8, 4) is 11.4 Å². The van der Waals surface area contributed by atoms with Crippen LogP contribution in [-0.4, -0.2) is 31.8 Å². The number of thioether (sulfide) groups is 1. The molecule has 0 spiro atoms. The van der Waals surface area contributed by atoms with E-state index in [0.29, 0.717) is 21.0 Å². The Labute approximate surface area is 164 Å². The van der Waals surface area contributed by atoms with Crippen molar-refractivity contribution in [2.45, 2.75) is 18.1 Å². The molecule has 3 aromatic rings. The van der Waals surface area contributed by atoms with E-state index in [2.05, 4.69) is 25.5 Å². The molecule has 9 heteroatoms. The molecule has 0 aliphatic heterocycles. The lowest BCUT2D eigenvalue weighted by atomic mass is 10.1. The normalized spacial score (nSPS) is 12.0. The van der Waals surface area contributed by atoms with Crippen molar-refractivity contribution in [1.82, 2.24) is 25.5 Å². The molecule has 1 aromatic carbocycles. The van der Waals surface area contributed by atoms with Gasteiger partial charge in [0.2, 0.25) is 11.1 Å². The number of hydrogen-bond donors (Lipinski definition) is 2. The molecule has 0 saturated carbocycles. The second-order valence-corrected chi connectivity index (χ2v) is 7.21. The monoisotopic (exact) mass is 407 g/mol. The van der Waals surface area contributed by atoms with Gasteiger partial charge in [0.15, 0.2) is 5.82 Å². The number of H-pyrrole nitrogens is 1. The lowest BCUT2D eigenvalue weighted by Crippen LogP contribution is -2.28. The average Bonchev–Trinajstić information content (AvgIpc) is 3.12. The highest BCUT2D eigenvalue weighted by Gasteiger charge is 2.13. The van der Waals surface area contributed by atoms with E-state index in [1.807, 2.05) is 25.1 Å². The Morgan fingerprint density at radius 2 is 2.00 bits per heavy atom. The average molecular weight is 408 g/mol. The molecule has 1 atom stereocenters. The second-order valence-electron chi connectivity index (χ2n) is 5.45. The van der Waals surface area contributed by atoms with Crippen LogP contribution in [0.15, 0.2) is 47.9 Å². The molecule has 0 aliphatic rings. The van der Waals surface area contributed by atoms with Crippen molar-refractivity contribution < 1.29 is 4.79 Å². The van der Waals surface area contributed by atoms with Gasteiger partial charge >= 0.3 is 0 Å². The van der Waals surface area contributed by atoms with Crippen LogP contribution in [0, 0.1) is 0 Å². The van der Waals surface area contributed by atoms with E-state index >= 15 is 0 Å². The molecule has 1 amide bonds. The second kappa shape index (κ2) is 8.53. The first-order valence-corrected chi connectivity index (χ1v) is 9.47. The summed E-state index contributed by atoms with van der Waals surface area (Å²) in [5, 5.41) is 11.3. The molecule has 0 fully saturated rings. The Kier molecular flexibility index (Phi) is 6.13. The fourth-order valence-corrected chi connectivity index (χ4v) is 3.14. The number of pyridine rings is 1. The number of hydrogen-bond acceptors (Lipinski definition) is 5. The van der Waals surface area contributed by atoms with E-state index < -0.39 is 0 Å². The van der Waals surface area contributed by atoms with Crippen molar-refractivity contribution in [3.05, 3.63) is 58.3 Å². The summed E-state index contributed by atoms with van der Waals surface area (Å²) in [5.74, 6) is 0.725. The Bertz CT molecular complexity index is 903. The molecule has 0 saturated heterocycles. The van der Waals surface area contributed by atoms with Gasteiger partial charge in [-0.25, -0.2) is 4.98 Å². The van der Waals surface area contributed by atoms with Crippen LogP contribution in [0.3, 0.4) is 0 Å². The van der Waals surface area contributed by atoms with Gasteiger partial charge in [0.1, 0.15) is 0 Å². The van der Waals surface area contributed by atoms with Crippen LogP contribution in [0.25, 0.3) is 11.4 Å². The summed E-state index contributed by atoms with van der Waals surface area (Å²) < 4.78 is 0. The minimum Gasteiger partial charge on any atom is -0.349 e. The molecule has 3 rings (SSSR count). The number of aromatic amines is 1. The largest absolute Gasteiger partial charge is 0.349 e. The van der Waals surface area contributed by atoms with E-state index in [4.69, 9.17) is 23.2 Å². The Morgan fingerprint density at radius 3 is 2.73 bits per heavy atom. The summed E-state index contributed by atoms with van der Waals surface area (Å²) >= 11 is 13.2. The number of aromatic nitrogens is 4. The minimum absolute atomic E-state index is 0.121. The van der Waals surface area contributed by atoms with Crippen LogP contribution in [0.1, 0.15) is 18.5 Å². The Morgan fingerprint density at radius 1 is 1.23 bits per heavy atom. The SMILES string of the molecule is C[C@@H](NC(=O)CSc1n[nH]c(-c2ccncc2)n1)c1ccc(Cl)c(Cl)c1. The molecule has 6 nitrogen and oxygen atoms in total. The fourth-order valence-electron chi connectivity index (χ4n) is 2.23. The molecular formula is C17H15Cl2N5OS. The topological polar surface area (TPSA) is 83.6 Å². The molecule has 26 heavy (non-hydrogen) atoms. The van der Waals surface area contributed by atoms with E-state index in [0.717, 1.165) is 11.1 Å². The molecule has 2 heterocycles. The van der Waals surface area contributed by atoms with E-state index in [-0.39, 0.29) is 17.7 Å².